The average Bonchev–Trinajstić information content (AvgIpc) is 3.63. The molecule has 2 aromatic heterocycles. The summed E-state index contributed by atoms with van der Waals surface area (Å²) in [7, 11) is 1.73. The Hall–Kier alpha value is -3.08. The summed E-state index contributed by atoms with van der Waals surface area (Å²) in [4.78, 5) is 42.5. The van der Waals surface area contributed by atoms with Gasteiger partial charge >= 0.3 is 5.69 Å². The van der Waals surface area contributed by atoms with E-state index in [2.05, 4.69) is 10.2 Å². The minimum Gasteiger partial charge on any atom is -0.493 e. The number of amides is 2. The fraction of sp³-hybridized carbons (Fsp3) is 0.375. The molecule has 2 N–H and O–H groups in total. The zero-order valence-corrected chi connectivity index (χ0v) is 20.8. The molecule has 0 bridgehead atoms. The van der Waals surface area contributed by atoms with Gasteiger partial charge in [-0.1, -0.05) is 11.6 Å². The van der Waals surface area contributed by atoms with E-state index >= 15 is 0 Å². The van der Waals surface area contributed by atoms with Crippen LogP contribution in [0.15, 0.2) is 41.2 Å². The lowest BCUT2D eigenvalue weighted by Crippen LogP contribution is -2.37. The van der Waals surface area contributed by atoms with E-state index < -0.39 is 6.04 Å². The number of fused-ring (bicyclic) bond motifs is 1. The Labute approximate surface area is 211 Å². The number of aromatic hydroxyl groups is 1. The van der Waals surface area contributed by atoms with Crippen molar-refractivity contribution < 1.29 is 14.7 Å². The van der Waals surface area contributed by atoms with Crippen LogP contribution in [0.4, 0.5) is 5.69 Å². The van der Waals surface area contributed by atoms with E-state index in [9.17, 15) is 19.5 Å². The molecule has 2 amide bonds. The zero-order valence-electron chi connectivity index (χ0n) is 19.2. The number of likely N-dealkylation sites (tertiary alicyclic amines) is 1. The van der Waals surface area contributed by atoms with Gasteiger partial charge in [-0.25, -0.2) is 9.36 Å². The monoisotopic (exact) mass is 515 g/mol. The number of halogens is 1. The summed E-state index contributed by atoms with van der Waals surface area (Å²) in [6.45, 7) is 2.66. The smallest absolute Gasteiger partial charge is 0.335 e. The quantitative estimate of drug-likeness (QED) is 0.526. The molecule has 1 saturated heterocycles. The predicted octanol–water partition coefficient (Wildman–Crippen LogP) is 2.99. The number of imidazole rings is 1. The van der Waals surface area contributed by atoms with Gasteiger partial charge < -0.3 is 15.3 Å². The van der Waals surface area contributed by atoms with Crippen LogP contribution in [0.1, 0.15) is 40.7 Å². The Morgan fingerprint density at radius 3 is 2.51 bits per heavy atom. The summed E-state index contributed by atoms with van der Waals surface area (Å²) in [5.74, 6) is -0.493. The van der Waals surface area contributed by atoms with Crippen LogP contribution in [0.25, 0.3) is 5.69 Å². The van der Waals surface area contributed by atoms with Gasteiger partial charge in [0.05, 0.1) is 27.5 Å². The number of thiophene rings is 1. The molecule has 0 spiro atoms. The Morgan fingerprint density at radius 2 is 1.86 bits per heavy atom. The number of nitrogens with zero attached hydrogens (tertiary/aromatic N) is 4. The second-order valence-electron chi connectivity index (χ2n) is 8.85. The molecule has 4 heterocycles. The van der Waals surface area contributed by atoms with Gasteiger partial charge in [0.1, 0.15) is 5.69 Å². The van der Waals surface area contributed by atoms with Crippen LogP contribution >= 0.6 is 22.9 Å². The summed E-state index contributed by atoms with van der Waals surface area (Å²) in [6.07, 6.45) is 2.75. The molecule has 2 aliphatic rings. The van der Waals surface area contributed by atoms with Crippen molar-refractivity contribution >= 4 is 40.4 Å². The summed E-state index contributed by atoms with van der Waals surface area (Å²) < 4.78 is 3.23. The molecule has 3 aromatic rings. The number of rotatable bonds is 6. The number of carbonyl (C=O) groups excluding carboxylic acids is 2. The molecular formula is C24H26ClN5O4S. The van der Waals surface area contributed by atoms with E-state index in [1.165, 1.54) is 20.5 Å². The van der Waals surface area contributed by atoms with E-state index in [1.54, 1.807) is 48.3 Å². The van der Waals surface area contributed by atoms with Gasteiger partial charge in [0, 0.05) is 19.3 Å². The molecule has 0 radical (unpaired) electrons. The van der Waals surface area contributed by atoms with Crippen LogP contribution in [0.5, 0.6) is 5.88 Å². The van der Waals surface area contributed by atoms with Crippen LogP contribution in [-0.2, 0) is 11.3 Å². The van der Waals surface area contributed by atoms with Gasteiger partial charge in [-0.05, 0) is 68.8 Å². The largest absolute Gasteiger partial charge is 0.493 e. The van der Waals surface area contributed by atoms with Crippen LogP contribution in [0, 0.1) is 0 Å². The Balaban J connectivity index is 1.34. The summed E-state index contributed by atoms with van der Waals surface area (Å²) in [5.41, 5.74) is 1.19. The van der Waals surface area contributed by atoms with E-state index in [0.717, 1.165) is 25.9 Å². The van der Waals surface area contributed by atoms with Crippen molar-refractivity contribution in [3.05, 3.63) is 61.8 Å². The lowest BCUT2D eigenvalue weighted by atomic mass is 10.2. The topological polar surface area (TPSA) is 99.8 Å². The fourth-order valence-corrected chi connectivity index (χ4v) is 5.70. The van der Waals surface area contributed by atoms with Crippen molar-refractivity contribution in [1.29, 1.82) is 0 Å². The third-order valence-corrected chi connectivity index (χ3v) is 7.88. The molecule has 0 aliphatic carbocycles. The van der Waals surface area contributed by atoms with Crippen molar-refractivity contribution in [3.63, 3.8) is 0 Å². The number of anilines is 1. The highest BCUT2D eigenvalue weighted by Crippen LogP contribution is 2.34. The van der Waals surface area contributed by atoms with Gasteiger partial charge in [-0.3, -0.25) is 19.1 Å². The average molecular weight is 516 g/mol. The van der Waals surface area contributed by atoms with Crippen molar-refractivity contribution in [3.8, 4) is 11.6 Å². The summed E-state index contributed by atoms with van der Waals surface area (Å²) >= 11 is 7.10. The lowest BCUT2D eigenvalue weighted by molar-refractivity contribution is -0.119. The second-order valence-corrected chi connectivity index (χ2v) is 10.6. The van der Waals surface area contributed by atoms with Crippen LogP contribution in [-0.4, -0.2) is 57.6 Å². The molecule has 2 aliphatic heterocycles. The van der Waals surface area contributed by atoms with Crippen LogP contribution in [0.2, 0.25) is 4.34 Å². The van der Waals surface area contributed by atoms with Crippen LogP contribution < -0.4 is 15.9 Å². The SMILES string of the molecule is CN(C(=O)CN1CCCC1)c1ccc(-n2c(O)c3n(c2=O)CC[C@H]3NC(=O)c2ccc(Cl)s2)cc1. The number of likely N-dealkylation sites (N-methyl/N-ethyl adjacent to an activating group) is 1. The number of hydrogen-bond donors (Lipinski definition) is 2. The zero-order chi connectivity index (χ0) is 24.7. The molecule has 5 rings (SSSR count). The molecule has 1 atom stereocenters. The number of aromatic nitrogens is 2. The van der Waals surface area contributed by atoms with E-state index in [1.807, 2.05) is 0 Å². The van der Waals surface area contributed by atoms with Gasteiger partial charge in [0.15, 0.2) is 0 Å². The molecule has 0 saturated carbocycles. The Kier molecular flexibility index (Phi) is 6.43. The maximum atomic E-state index is 13.1. The first-order valence-corrected chi connectivity index (χ1v) is 12.7. The van der Waals surface area contributed by atoms with E-state index in [4.69, 9.17) is 11.6 Å². The standard InChI is InChI=1S/C24H26ClN5O4S/c1-27(20(31)14-28-11-2-3-12-28)15-4-6-16(7-5-15)30-23(33)21-17(10-13-29(21)24(30)34)26-22(32)18-8-9-19(25)35-18/h4-9,17,33H,2-3,10-14H2,1H3,(H,26,32)/t17-/m1/s1. The van der Waals surface area contributed by atoms with Crippen molar-refractivity contribution in [1.82, 2.24) is 19.4 Å². The molecule has 1 fully saturated rings. The number of nitrogens with one attached hydrogen (secondary N) is 1. The molecule has 0 unspecified atom stereocenters. The maximum absolute atomic E-state index is 13.1. The van der Waals surface area contributed by atoms with Gasteiger partial charge in [0.25, 0.3) is 5.91 Å². The molecule has 9 nitrogen and oxygen atoms in total. The lowest BCUT2D eigenvalue weighted by Gasteiger charge is -2.21. The summed E-state index contributed by atoms with van der Waals surface area (Å²) in [6, 6.07) is 9.72. The second kappa shape index (κ2) is 9.52. The highest BCUT2D eigenvalue weighted by atomic mass is 35.5. The third kappa shape index (κ3) is 4.49. The van der Waals surface area contributed by atoms with Crippen molar-refractivity contribution in [2.75, 3.05) is 31.6 Å². The molecule has 11 heteroatoms. The van der Waals surface area contributed by atoms with Crippen molar-refractivity contribution in [2.24, 2.45) is 0 Å². The van der Waals surface area contributed by atoms with Crippen LogP contribution in [0.3, 0.4) is 0 Å². The molecule has 184 valence electrons. The Morgan fingerprint density at radius 1 is 1.14 bits per heavy atom. The molecule has 1 aromatic carbocycles. The van der Waals surface area contributed by atoms with Crippen molar-refractivity contribution in [2.45, 2.75) is 31.8 Å². The molecule has 35 heavy (non-hydrogen) atoms. The maximum Gasteiger partial charge on any atom is 0.335 e. The highest BCUT2D eigenvalue weighted by Gasteiger charge is 2.33. The van der Waals surface area contributed by atoms with E-state index in [0.29, 0.717) is 45.8 Å². The predicted molar refractivity (Wildman–Crippen MR) is 135 cm³/mol. The number of carbonyl (C=O) groups is 2. The molecular weight excluding hydrogens is 490 g/mol. The first-order valence-electron chi connectivity index (χ1n) is 11.5. The number of hydrogen-bond acceptors (Lipinski definition) is 6. The minimum absolute atomic E-state index is 0.00752. The first-order chi connectivity index (χ1) is 16.8. The normalized spacial score (nSPS) is 17.5. The summed E-state index contributed by atoms with van der Waals surface area (Å²) in [5, 5.41) is 13.9. The number of benzene rings is 1. The first kappa shape index (κ1) is 23.7. The van der Waals surface area contributed by atoms with E-state index in [-0.39, 0.29) is 23.4 Å². The van der Waals surface area contributed by atoms with Gasteiger partial charge in [0.2, 0.25) is 11.8 Å². The fourth-order valence-electron chi connectivity index (χ4n) is 4.75. The highest BCUT2D eigenvalue weighted by molar-refractivity contribution is 7.18. The van der Waals surface area contributed by atoms with Gasteiger partial charge in [-0.2, -0.15) is 0 Å². The minimum atomic E-state index is -0.494. The van der Waals surface area contributed by atoms with Gasteiger partial charge in [-0.15, -0.1) is 11.3 Å². The third-order valence-electron chi connectivity index (χ3n) is 6.65. The Bertz CT molecular complexity index is 1320.